The predicted octanol–water partition coefficient (Wildman–Crippen LogP) is 5.92. The molecule has 38 heavy (non-hydrogen) atoms. The highest BCUT2D eigenvalue weighted by Gasteiger charge is 2.22. The summed E-state index contributed by atoms with van der Waals surface area (Å²) in [5.41, 5.74) is 3.68. The molecule has 2 N–H and O–H groups in total. The molecule has 0 heterocycles. The van der Waals surface area contributed by atoms with Gasteiger partial charge in [0.25, 0.3) is 5.91 Å². The van der Waals surface area contributed by atoms with Gasteiger partial charge in [0, 0.05) is 17.8 Å². The Balaban J connectivity index is 1.39. The van der Waals surface area contributed by atoms with Crippen LogP contribution in [0, 0.1) is 0 Å². The van der Waals surface area contributed by atoms with Crippen molar-refractivity contribution < 1.29 is 23.9 Å². The molecule has 0 saturated heterocycles. The maximum atomic E-state index is 13.4. The topological polar surface area (TPSA) is 93.7 Å². The number of hydrogen-bond acceptors (Lipinski definition) is 5. The summed E-state index contributed by atoms with van der Waals surface area (Å²) in [6.07, 6.45) is -0.796. The van der Waals surface area contributed by atoms with Crippen LogP contribution in [-0.4, -0.2) is 24.6 Å². The molecule has 4 aromatic rings. The Morgan fingerprint density at radius 3 is 2.00 bits per heavy atom. The Morgan fingerprint density at radius 2 is 1.39 bits per heavy atom. The van der Waals surface area contributed by atoms with E-state index in [0.29, 0.717) is 11.3 Å². The van der Waals surface area contributed by atoms with Crippen molar-refractivity contribution in [2.45, 2.75) is 19.4 Å². The van der Waals surface area contributed by atoms with Crippen molar-refractivity contribution in [3.63, 3.8) is 0 Å². The first-order valence-electron chi connectivity index (χ1n) is 12.3. The highest BCUT2D eigenvalue weighted by molar-refractivity contribution is 5.98. The summed E-state index contributed by atoms with van der Waals surface area (Å²) in [6.45, 7) is 2.17. The van der Waals surface area contributed by atoms with Crippen LogP contribution < -0.4 is 15.4 Å². The quantitative estimate of drug-likeness (QED) is 0.216. The predicted molar refractivity (Wildman–Crippen MR) is 145 cm³/mol. The number of nitrogens with one attached hydrogen (secondary N) is 2. The van der Waals surface area contributed by atoms with Crippen LogP contribution in [0.4, 0.5) is 10.5 Å². The molecule has 0 fully saturated rings. The minimum absolute atomic E-state index is 0.145. The van der Waals surface area contributed by atoms with Gasteiger partial charge in [-0.05, 0) is 60.0 Å². The first kappa shape index (κ1) is 26.2. The summed E-state index contributed by atoms with van der Waals surface area (Å²) in [5, 5.41) is 5.89. The molecule has 0 aromatic heterocycles. The lowest BCUT2D eigenvalue weighted by Crippen LogP contribution is -2.23. The van der Waals surface area contributed by atoms with Crippen LogP contribution >= 0.6 is 0 Å². The molecule has 0 unspecified atom stereocenters. The molecule has 7 nitrogen and oxygen atoms in total. The van der Waals surface area contributed by atoms with E-state index < -0.39 is 12.1 Å². The maximum Gasteiger partial charge on any atom is 0.513 e. The molecule has 0 aliphatic rings. The standard InChI is InChI=1S/C31H28N2O5/c1-2-37-31(36)38-27-18-16-25(17-19-27)29(34)32-21-22-10-9-15-26(20-22)33-30(35)28(23-11-5-3-6-12-23)24-13-7-4-8-14-24/h3-20,28H,2,21H2,1H3,(H,32,34)(H,33,35). The lowest BCUT2D eigenvalue weighted by Gasteiger charge is -2.18. The zero-order valence-electron chi connectivity index (χ0n) is 20.9. The van der Waals surface area contributed by atoms with Gasteiger partial charge in [0.15, 0.2) is 0 Å². The number of rotatable bonds is 9. The highest BCUT2D eigenvalue weighted by atomic mass is 16.7. The molecule has 4 rings (SSSR count). The molecule has 0 saturated carbocycles. The van der Waals surface area contributed by atoms with E-state index in [1.165, 1.54) is 12.1 Å². The molecular formula is C31H28N2O5. The van der Waals surface area contributed by atoms with E-state index in [-0.39, 0.29) is 30.7 Å². The summed E-state index contributed by atoms with van der Waals surface area (Å²) in [4.78, 5) is 37.4. The molecule has 0 atom stereocenters. The van der Waals surface area contributed by atoms with Gasteiger partial charge in [-0.3, -0.25) is 9.59 Å². The van der Waals surface area contributed by atoms with Crippen LogP contribution in [0.1, 0.15) is 39.9 Å². The minimum Gasteiger partial charge on any atom is -0.434 e. The van der Waals surface area contributed by atoms with E-state index in [2.05, 4.69) is 10.6 Å². The fraction of sp³-hybridized carbons (Fsp3) is 0.129. The van der Waals surface area contributed by atoms with Crippen molar-refractivity contribution in [3.8, 4) is 5.75 Å². The van der Waals surface area contributed by atoms with E-state index in [9.17, 15) is 14.4 Å². The molecule has 4 aromatic carbocycles. The summed E-state index contributed by atoms with van der Waals surface area (Å²) in [7, 11) is 0. The third kappa shape index (κ3) is 7.07. The molecular weight excluding hydrogens is 480 g/mol. The van der Waals surface area contributed by atoms with Gasteiger partial charge >= 0.3 is 6.16 Å². The maximum absolute atomic E-state index is 13.4. The Morgan fingerprint density at radius 1 is 0.763 bits per heavy atom. The van der Waals surface area contributed by atoms with Crippen LogP contribution in [0.3, 0.4) is 0 Å². The fourth-order valence-corrected chi connectivity index (χ4v) is 3.96. The van der Waals surface area contributed by atoms with Gasteiger partial charge in [-0.15, -0.1) is 0 Å². The van der Waals surface area contributed by atoms with Gasteiger partial charge < -0.3 is 20.1 Å². The minimum atomic E-state index is -0.796. The van der Waals surface area contributed by atoms with Gasteiger partial charge in [-0.25, -0.2) is 4.79 Å². The Labute approximate surface area is 221 Å². The number of hydrogen-bond donors (Lipinski definition) is 2. The summed E-state index contributed by atoms with van der Waals surface area (Å²) >= 11 is 0. The Hall–Kier alpha value is -4.91. The molecule has 2 amide bonds. The van der Waals surface area contributed by atoms with Crippen LogP contribution in [0.5, 0.6) is 5.75 Å². The number of ether oxygens (including phenoxy) is 2. The molecule has 0 spiro atoms. The largest absolute Gasteiger partial charge is 0.513 e. The fourth-order valence-electron chi connectivity index (χ4n) is 3.96. The number of carbonyl (C=O) groups excluding carboxylic acids is 3. The van der Waals surface area contributed by atoms with Crippen molar-refractivity contribution in [2.24, 2.45) is 0 Å². The zero-order valence-corrected chi connectivity index (χ0v) is 20.9. The first-order chi connectivity index (χ1) is 18.5. The zero-order chi connectivity index (χ0) is 26.7. The molecule has 7 heteroatoms. The molecule has 0 radical (unpaired) electrons. The number of amides is 2. The molecule has 0 aliphatic heterocycles. The molecule has 0 bridgehead atoms. The Bertz CT molecular complexity index is 1330. The third-order valence-corrected chi connectivity index (χ3v) is 5.76. The van der Waals surface area contributed by atoms with E-state index in [1.54, 1.807) is 19.1 Å². The van der Waals surface area contributed by atoms with Crippen molar-refractivity contribution in [1.29, 1.82) is 0 Å². The third-order valence-electron chi connectivity index (χ3n) is 5.76. The van der Waals surface area contributed by atoms with Crippen LogP contribution in [0.15, 0.2) is 109 Å². The van der Waals surface area contributed by atoms with E-state index in [1.807, 2.05) is 84.9 Å². The van der Waals surface area contributed by atoms with Crippen LogP contribution in [0.25, 0.3) is 0 Å². The number of anilines is 1. The average molecular weight is 509 g/mol. The lowest BCUT2D eigenvalue weighted by molar-refractivity contribution is -0.116. The van der Waals surface area contributed by atoms with Gasteiger partial charge in [0.1, 0.15) is 5.75 Å². The summed E-state index contributed by atoms with van der Waals surface area (Å²) in [6, 6.07) is 32.8. The average Bonchev–Trinajstić information content (AvgIpc) is 2.94. The second kappa shape index (κ2) is 12.9. The van der Waals surface area contributed by atoms with Gasteiger partial charge in [-0.2, -0.15) is 0 Å². The van der Waals surface area contributed by atoms with Gasteiger partial charge in [-0.1, -0.05) is 72.8 Å². The molecule has 0 aliphatic carbocycles. The normalized spacial score (nSPS) is 10.5. The van der Waals surface area contributed by atoms with Crippen LogP contribution in [0.2, 0.25) is 0 Å². The highest BCUT2D eigenvalue weighted by Crippen LogP contribution is 2.26. The SMILES string of the molecule is CCOC(=O)Oc1ccc(C(=O)NCc2cccc(NC(=O)C(c3ccccc3)c3ccccc3)c2)cc1. The summed E-state index contributed by atoms with van der Waals surface area (Å²) in [5.74, 6) is -0.603. The van der Waals surface area contributed by atoms with Crippen LogP contribution in [-0.2, 0) is 16.1 Å². The number of benzene rings is 4. The molecule has 192 valence electrons. The second-order valence-corrected chi connectivity index (χ2v) is 8.44. The van der Waals surface area contributed by atoms with E-state index in [0.717, 1.165) is 16.7 Å². The summed E-state index contributed by atoms with van der Waals surface area (Å²) < 4.78 is 9.75. The Kier molecular flexibility index (Phi) is 8.86. The van der Waals surface area contributed by atoms with Crippen molar-refractivity contribution in [2.75, 3.05) is 11.9 Å². The van der Waals surface area contributed by atoms with Crippen molar-refractivity contribution in [1.82, 2.24) is 5.32 Å². The second-order valence-electron chi connectivity index (χ2n) is 8.44. The van der Waals surface area contributed by atoms with Gasteiger partial charge in [0.2, 0.25) is 5.91 Å². The van der Waals surface area contributed by atoms with Crippen molar-refractivity contribution >= 4 is 23.7 Å². The number of carbonyl (C=O) groups is 3. The monoisotopic (exact) mass is 508 g/mol. The smallest absolute Gasteiger partial charge is 0.434 e. The van der Waals surface area contributed by atoms with E-state index in [4.69, 9.17) is 9.47 Å². The van der Waals surface area contributed by atoms with Crippen molar-refractivity contribution in [3.05, 3.63) is 131 Å². The van der Waals surface area contributed by atoms with Gasteiger partial charge in [0.05, 0.1) is 12.5 Å². The van der Waals surface area contributed by atoms with E-state index >= 15 is 0 Å². The first-order valence-corrected chi connectivity index (χ1v) is 12.3. The lowest BCUT2D eigenvalue weighted by atomic mass is 9.90.